The van der Waals surface area contributed by atoms with Gasteiger partial charge in [-0.3, -0.25) is 9.97 Å². The van der Waals surface area contributed by atoms with Crippen LogP contribution in [0.1, 0.15) is 36.4 Å². The molecule has 0 saturated carbocycles. The molecule has 0 aliphatic heterocycles. The van der Waals surface area contributed by atoms with Crippen LogP contribution in [0.2, 0.25) is 0 Å². The van der Waals surface area contributed by atoms with E-state index in [-0.39, 0.29) is 0 Å². The summed E-state index contributed by atoms with van der Waals surface area (Å²) in [5.74, 6) is 0. The monoisotopic (exact) mass is 368 g/mol. The fourth-order valence-corrected chi connectivity index (χ4v) is 2.29. The van der Waals surface area contributed by atoms with Crippen LogP contribution in [0, 0.1) is 0 Å². The highest BCUT2D eigenvalue weighted by molar-refractivity contribution is 5.97. The molecule has 6 heteroatoms. The number of aromatic nitrogens is 2. The third kappa shape index (κ3) is 5.60. The lowest BCUT2D eigenvalue weighted by atomic mass is 10.2. The van der Waals surface area contributed by atoms with Gasteiger partial charge in [0.15, 0.2) is 0 Å². The van der Waals surface area contributed by atoms with E-state index >= 15 is 0 Å². The maximum atomic E-state index is 4.24. The van der Waals surface area contributed by atoms with Gasteiger partial charge in [0.2, 0.25) is 0 Å². The van der Waals surface area contributed by atoms with E-state index in [0.29, 0.717) is 0 Å². The highest BCUT2D eigenvalue weighted by atomic mass is 15.2. The smallest absolute Gasteiger partial charge is 0.0860 e. The summed E-state index contributed by atoms with van der Waals surface area (Å²) < 4.78 is 0. The Hall–Kier alpha value is -3.80. The van der Waals surface area contributed by atoms with Gasteiger partial charge < -0.3 is 0 Å². The lowest BCUT2D eigenvalue weighted by Gasteiger charge is -1.97. The molecule has 28 heavy (non-hydrogen) atoms. The lowest BCUT2D eigenvalue weighted by Crippen LogP contribution is -1.96. The van der Waals surface area contributed by atoms with Gasteiger partial charge in [0, 0.05) is 12.4 Å². The Morgan fingerprint density at radius 3 is 1.43 bits per heavy atom. The van der Waals surface area contributed by atoms with Crippen LogP contribution >= 0.6 is 0 Å². The molecule has 0 spiro atoms. The molecular weight excluding hydrogens is 348 g/mol. The van der Waals surface area contributed by atoms with Crippen molar-refractivity contribution in [3.8, 4) is 0 Å². The molecule has 0 radical (unpaired) electrons. The van der Waals surface area contributed by atoms with Crippen LogP contribution in [0.4, 0.5) is 0 Å². The van der Waals surface area contributed by atoms with Crippen molar-refractivity contribution in [2.45, 2.75) is 13.8 Å². The maximum Gasteiger partial charge on any atom is 0.0860 e. The van der Waals surface area contributed by atoms with E-state index in [9.17, 15) is 0 Å². The van der Waals surface area contributed by atoms with Crippen LogP contribution in [-0.2, 0) is 0 Å². The Morgan fingerprint density at radius 1 is 0.643 bits per heavy atom. The summed E-state index contributed by atoms with van der Waals surface area (Å²) in [6.07, 6.45) is 6.88. The number of hydrogen-bond donors (Lipinski definition) is 0. The average Bonchev–Trinajstić information content (AvgIpc) is 2.76. The van der Waals surface area contributed by atoms with Crippen molar-refractivity contribution in [3.05, 3.63) is 95.6 Å². The third-order valence-electron chi connectivity index (χ3n) is 3.84. The molecule has 2 heterocycles. The average molecular weight is 368 g/mol. The van der Waals surface area contributed by atoms with Crippen LogP contribution in [0.25, 0.3) is 0 Å². The Kier molecular flexibility index (Phi) is 6.62. The van der Waals surface area contributed by atoms with Gasteiger partial charge >= 0.3 is 0 Å². The Bertz CT molecular complexity index is 919. The zero-order valence-corrected chi connectivity index (χ0v) is 15.8. The molecule has 3 rings (SSSR count). The van der Waals surface area contributed by atoms with Gasteiger partial charge in [-0.15, -0.1) is 0 Å². The first kappa shape index (κ1) is 19.0. The number of benzene rings is 1. The van der Waals surface area contributed by atoms with E-state index in [2.05, 4.69) is 30.4 Å². The topological polar surface area (TPSA) is 75.2 Å². The number of rotatable bonds is 6. The van der Waals surface area contributed by atoms with Gasteiger partial charge in [-0.25, -0.2) is 0 Å². The molecule has 6 nitrogen and oxygen atoms in total. The van der Waals surface area contributed by atoms with Gasteiger partial charge in [0.05, 0.1) is 35.2 Å². The first-order valence-corrected chi connectivity index (χ1v) is 8.80. The standard InChI is InChI=1S/C22H20N6/c1-17(21-7-3-5-13-23-21)27-25-15-19-9-11-20(12-10-19)16-26-28-18(2)22-8-4-6-14-24-22/h3-16H,1-2H3/b25-15+,26-16+,27-17-,28-18+. The zero-order chi connectivity index (χ0) is 19.6. The zero-order valence-electron chi connectivity index (χ0n) is 15.8. The predicted molar refractivity (Wildman–Crippen MR) is 115 cm³/mol. The molecule has 2 aromatic heterocycles. The van der Waals surface area contributed by atoms with Crippen LogP contribution in [0.15, 0.2) is 93.5 Å². The summed E-state index contributed by atoms with van der Waals surface area (Å²) in [6.45, 7) is 3.76. The Labute approximate surface area is 164 Å². The quantitative estimate of drug-likeness (QED) is 0.484. The summed E-state index contributed by atoms with van der Waals surface area (Å²) in [7, 11) is 0. The summed E-state index contributed by atoms with van der Waals surface area (Å²) in [6, 6.07) is 19.2. The van der Waals surface area contributed by atoms with E-state index in [1.807, 2.05) is 74.5 Å². The van der Waals surface area contributed by atoms with Crippen LogP contribution < -0.4 is 0 Å². The summed E-state index contributed by atoms with van der Waals surface area (Å²) in [4.78, 5) is 8.48. The number of nitrogens with zero attached hydrogens (tertiary/aromatic N) is 6. The molecule has 0 saturated heterocycles. The van der Waals surface area contributed by atoms with E-state index < -0.39 is 0 Å². The second kappa shape index (κ2) is 9.78. The van der Waals surface area contributed by atoms with Gasteiger partial charge in [-0.05, 0) is 49.2 Å². The number of hydrogen-bond acceptors (Lipinski definition) is 6. The second-order valence-corrected chi connectivity index (χ2v) is 5.96. The first-order valence-electron chi connectivity index (χ1n) is 8.80. The predicted octanol–water partition coefficient (Wildman–Crippen LogP) is 4.16. The molecule has 138 valence electrons. The van der Waals surface area contributed by atoms with E-state index in [1.165, 1.54) is 0 Å². The fraction of sp³-hybridized carbons (Fsp3) is 0.0909. The van der Waals surface area contributed by atoms with Gasteiger partial charge in [-0.1, -0.05) is 36.4 Å². The van der Waals surface area contributed by atoms with Crippen molar-refractivity contribution in [1.82, 2.24) is 9.97 Å². The van der Waals surface area contributed by atoms with Crippen molar-refractivity contribution in [2.24, 2.45) is 20.4 Å². The molecule has 3 aromatic rings. The minimum absolute atomic E-state index is 0.766. The molecule has 0 bridgehead atoms. The molecule has 1 aromatic carbocycles. The molecular formula is C22H20N6. The highest BCUT2D eigenvalue weighted by Crippen LogP contribution is 2.02. The maximum absolute atomic E-state index is 4.24. The van der Waals surface area contributed by atoms with Crippen molar-refractivity contribution >= 4 is 23.9 Å². The lowest BCUT2D eigenvalue weighted by molar-refractivity contribution is 1.20. The van der Waals surface area contributed by atoms with Crippen molar-refractivity contribution in [3.63, 3.8) is 0 Å². The summed E-state index contributed by atoms with van der Waals surface area (Å²) in [5.41, 5.74) is 5.05. The fourth-order valence-electron chi connectivity index (χ4n) is 2.29. The number of pyridine rings is 2. The Balaban J connectivity index is 1.60. The largest absolute Gasteiger partial charge is 0.255 e. The van der Waals surface area contributed by atoms with Crippen LogP contribution in [0.3, 0.4) is 0 Å². The van der Waals surface area contributed by atoms with Gasteiger partial charge in [0.1, 0.15) is 0 Å². The van der Waals surface area contributed by atoms with Crippen molar-refractivity contribution in [1.29, 1.82) is 0 Å². The normalized spacial score (nSPS) is 12.8. The van der Waals surface area contributed by atoms with Crippen molar-refractivity contribution in [2.75, 3.05) is 0 Å². The molecule has 0 aliphatic carbocycles. The molecule has 0 unspecified atom stereocenters. The SMILES string of the molecule is C/C(=N/N=C/c1ccc(/C=N/N=C(\C)c2ccccn2)cc1)c1ccccn1. The van der Waals surface area contributed by atoms with Crippen molar-refractivity contribution < 1.29 is 0 Å². The van der Waals surface area contributed by atoms with E-state index in [4.69, 9.17) is 0 Å². The highest BCUT2D eigenvalue weighted by Gasteiger charge is 1.97. The second-order valence-electron chi connectivity index (χ2n) is 5.96. The molecule has 0 amide bonds. The minimum atomic E-state index is 0.766. The molecule has 0 aliphatic rings. The third-order valence-corrected chi connectivity index (χ3v) is 3.84. The Morgan fingerprint density at radius 2 is 1.07 bits per heavy atom. The first-order chi connectivity index (χ1) is 13.7. The van der Waals surface area contributed by atoms with E-state index in [0.717, 1.165) is 33.9 Å². The van der Waals surface area contributed by atoms with Gasteiger partial charge in [0.25, 0.3) is 0 Å². The van der Waals surface area contributed by atoms with Crippen LogP contribution in [-0.4, -0.2) is 33.8 Å². The molecule has 0 N–H and O–H groups in total. The van der Waals surface area contributed by atoms with E-state index in [1.54, 1.807) is 24.8 Å². The summed E-state index contributed by atoms with van der Waals surface area (Å²) >= 11 is 0. The minimum Gasteiger partial charge on any atom is -0.255 e. The van der Waals surface area contributed by atoms with Gasteiger partial charge in [-0.2, -0.15) is 20.4 Å². The summed E-state index contributed by atoms with van der Waals surface area (Å²) in [5, 5.41) is 16.6. The molecule has 0 fully saturated rings. The van der Waals surface area contributed by atoms with Crippen LogP contribution in [0.5, 0.6) is 0 Å². The molecule has 0 atom stereocenters.